The van der Waals surface area contributed by atoms with E-state index >= 15 is 0 Å². The summed E-state index contributed by atoms with van der Waals surface area (Å²) in [5.41, 5.74) is -0.569. The average molecular weight is 298 g/mol. The van der Waals surface area contributed by atoms with E-state index < -0.39 is 11.4 Å². The standard InChI is InChI=1S/C15H26N2O4/c1-15(14(19)20)4-7-16(8-5-15)6-2-3-13(18)17-9-11-21-12-10-17/h2-12H2,1H3,(H,19,20). The fourth-order valence-corrected chi connectivity index (χ4v) is 2.91. The number of morpholine rings is 1. The summed E-state index contributed by atoms with van der Waals surface area (Å²) in [5.74, 6) is -0.477. The van der Waals surface area contributed by atoms with Gasteiger partial charge in [0.25, 0.3) is 0 Å². The monoisotopic (exact) mass is 298 g/mol. The Morgan fingerprint density at radius 2 is 1.76 bits per heavy atom. The quantitative estimate of drug-likeness (QED) is 0.813. The lowest BCUT2D eigenvalue weighted by Gasteiger charge is -2.36. The smallest absolute Gasteiger partial charge is 0.309 e. The number of ether oxygens (including phenoxy) is 1. The SMILES string of the molecule is CC1(C(=O)O)CCN(CCCC(=O)N2CCOCC2)CC1. The number of carboxylic acids is 1. The summed E-state index contributed by atoms with van der Waals surface area (Å²) in [6.45, 7) is 7.04. The van der Waals surface area contributed by atoms with Crippen LogP contribution in [0.25, 0.3) is 0 Å². The average Bonchev–Trinajstić information content (AvgIpc) is 2.50. The highest BCUT2D eigenvalue weighted by Gasteiger charge is 2.36. The molecule has 6 nitrogen and oxygen atoms in total. The molecule has 0 bridgehead atoms. The molecule has 2 aliphatic rings. The second-order valence-corrected chi connectivity index (χ2v) is 6.30. The zero-order valence-corrected chi connectivity index (χ0v) is 12.8. The van der Waals surface area contributed by atoms with Crippen molar-refractivity contribution < 1.29 is 19.4 Å². The van der Waals surface area contributed by atoms with Crippen molar-refractivity contribution in [2.45, 2.75) is 32.6 Å². The molecule has 2 saturated heterocycles. The van der Waals surface area contributed by atoms with E-state index in [2.05, 4.69) is 4.90 Å². The minimum Gasteiger partial charge on any atom is -0.481 e. The molecule has 1 amide bonds. The van der Waals surface area contributed by atoms with Gasteiger partial charge < -0.3 is 19.6 Å². The van der Waals surface area contributed by atoms with Gasteiger partial charge in [0.2, 0.25) is 5.91 Å². The molecule has 2 aliphatic heterocycles. The maximum Gasteiger partial charge on any atom is 0.309 e. The van der Waals surface area contributed by atoms with Crippen molar-refractivity contribution in [3.8, 4) is 0 Å². The Bertz CT molecular complexity index is 372. The highest BCUT2D eigenvalue weighted by molar-refractivity contribution is 5.76. The van der Waals surface area contributed by atoms with Crippen LogP contribution in [0, 0.1) is 5.41 Å². The summed E-state index contributed by atoms with van der Waals surface area (Å²) in [5, 5.41) is 9.20. The van der Waals surface area contributed by atoms with Crippen molar-refractivity contribution in [2.24, 2.45) is 5.41 Å². The summed E-state index contributed by atoms with van der Waals surface area (Å²) in [7, 11) is 0. The van der Waals surface area contributed by atoms with E-state index in [1.807, 2.05) is 11.8 Å². The molecule has 21 heavy (non-hydrogen) atoms. The van der Waals surface area contributed by atoms with Gasteiger partial charge in [0.1, 0.15) is 0 Å². The molecule has 0 saturated carbocycles. The molecule has 2 fully saturated rings. The number of rotatable bonds is 5. The Balaban J connectivity index is 1.63. The van der Waals surface area contributed by atoms with E-state index in [-0.39, 0.29) is 5.91 Å². The summed E-state index contributed by atoms with van der Waals surface area (Å²) in [4.78, 5) is 27.3. The first kappa shape index (κ1) is 16.2. The van der Waals surface area contributed by atoms with Gasteiger partial charge in [0.05, 0.1) is 18.6 Å². The fraction of sp³-hybridized carbons (Fsp3) is 0.867. The van der Waals surface area contributed by atoms with Crippen molar-refractivity contribution in [2.75, 3.05) is 45.9 Å². The summed E-state index contributed by atoms with van der Waals surface area (Å²) < 4.78 is 5.24. The molecule has 0 radical (unpaired) electrons. The maximum absolute atomic E-state index is 12.0. The number of piperidine rings is 1. The van der Waals surface area contributed by atoms with E-state index in [0.29, 0.717) is 45.6 Å². The molecule has 0 atom stereocenters. The van der Waals surface area contributed by atoms with Gasteiger partial charge in [-0.3, -0.25) is 9.59 Å². The van der Waals surface area contributed by atoms with Crippen LogP contribution in [-0.2, 0) is 14.3 Å². The lowest BCUT2D eigenvalue weighted by Crippen LogP contribution is -2.43. The molecule has 2 heterocycles. The van der Waals surface area contributed by atoms with E-state index in [0.717, 1.165) is 26.1 Å². The third kappa shape index (κ3) is 4.41. The van der Waals surface area contributed by atoms with Gasteiger partial charge in [0, 0.05) is 19.5 Å². The summed E-state index contributed by atoms with van der Waals surface area (Å²) in [6.07, 6.45) is 2.81. The Kier molecular flexibility index (Phi) is 5.58. The topological polar surface area (TPSA) is 70.1 Å². The molecule has 0 aromatic heterocycles. The normalized spacial score (nSPS) is 23.0. The van der Waals surface area contributed by atoms with E-state index in [4.69, 9.17) is 4.74 Å². The Hall–Kier alpha value is -1.14. The van der Waals surface area contributed by atoms with E-state index in [1.54, 1.807) is 0 Å². The van der Waals surface area contributed by atoms with Crippen LogP contribution in [0.15, 0.2) is 0 Å². The number of hydrogen-bond acceptors (Lipinski definition) is 4. The molecule has 6 heteroatoms. The molecular weight excluding hydrogens is 272 g/mol. The van der Waals surface area contributed by atoms with Gasteiger partial charge in [-0.05, 0) is 45.8 Å². The highest BCUT2D eigenvalue weighted by atomic mass is 16.5. The molecule has 0 spiro atoms. The number of carbonyl (C=O) groups is 2. The Morgan fingerprint density at radius 1 is 1.14 bits per heavy atom. The third-order valence-corrected chi connectivity index (χ3v) is 4.70. The molecule has 0 aliphatic carbocycles. The second-order valence-electron chi connectivity index (χ2n) is 6.30. The second kappa shape index (κ2) is 7.22. The van der Waals surface area contributed by atoms with Crippen molar-refractivity contribution in [3.05, 3.63) is 0 Å². The number of likely N-dealkylation sites (tertiary alicyclic amines) is 1. The summed E-state index contributed by atoms with van der Waals surface area (Å²) >= 11 is 0. The van der Waals surface area contributed by atoms with Gasteiger partial charge >= 0.3 is 5.97 Å². The van der Waals surface area contributed by atoms with Crippen LogP contribution in [0.4, 0.5) is 0 Å². The van der Waals surface area contributed by atoms with Crippen LogP contribution in [0.5, 0.6) is 0 Å². The Labute approximate surface area is 126 Å². The number of amides is 1. The molecule has 0 aromatic carbocycles. The van der Waals surface area contributed by atoms with Crippen LogP contribution in [-0.4, -0.2) is 72.7 Å². The van der Waals surface area contributed by atoms with Gasteiger partial charge in [-0.15, -0.1) is 0 Å². The number of aliphatic carboxylic acids is 1. The number of carbonyl (C=O) groups excluding carboxylic acids is 1. The van der Waals surface area contributed by atoms with Gasteiger partial charge in [-0.25, -0.2) is 0 Å². The predicted molar refractivity (Wildman–Crippen MR) is 78.0 cm³/mol. The van der Waals surface area contributed by atoms with Crippen molar-refractivity contribution in [1.29, 1.82) is 0 Å². The first-order valence-electron chi connectivity index (χ1n) is 7.82. The van der Waals surface area contributed by atoms with Crippen molar-refractivity contribution in [3.63, 3.8) is 0 Å². The summed E-state index contributed by atoms with van der Waals surface area (Å²) in [6, 6.07) is 0. The number of nitrogens with zero attached hydrogens (tertiary/aromatic N) is 2. The van der Waals surface area contributed by atoms with Crippen LogP contribution < -0.4 is 0 Å². The maximum atomic E-state index is 12.0. The molecule has 120 valence electrons. The van der Waals surface area contributed by atoms with Gasteiger partial charge in [-0.1, -0.05) is 0 Å². The zero-order chi connectivity index (χ0) is 15.3. The molecule has 0 unspecified atom stereocenters. The van der Waals surface area contributed by atoms with Crippen LogP contribution in [0.1, 0.15) is 32.6 Å². The lowest BCUT2D eigenvalue weighted by atomic mass is 9.80. The van der Waals surface area contributed by atoms with E-state index in [9.17, 15) is 14.7 Å². The minimum absolute atomic E-state index is 0.214. The molecular formula is C15H26N2O4. The van der Waals surface area contributed by atoms with Crippen LogP contribution in [0.3, 0.4) is 0 Å². The highest BCUT2D eigenvalue weighted by Crippen LogP contribution is 2.31. The van der Waals surface area contributed by atoms with Gasteiger partial charge in [-0.2, -0.15) is 0 Å². The number of hydrogen-bond donors (Lipinski definition) is 1. The first-order chi connectivity index (χ1) is 10.0. The minimum atomic E-state index is -0.690. The van der Waals surface area contributed by atoms with Gasteiger partial charge in [0.15, 0.2) is 0 Å². The fourth-order valence-electron chi connectivity index (χ4n) is 2.91. The molecule has 2 rings (SSSR count). The van der Waals surface area contributed by atoms with Crippen LogP contribution in [0.2, 0.25) is 0 Å². The number of carboxylic acid groups (broad SMARTS) is 1. The van der Waals surface area contributed by atoms with Crippen molar-refractivity contribution in [1.82, 2.24) is 9.80 Å². The first-order valence-corrected chi connectivity index (χ1v) is 7.82. The Morgan fingerprint density at radius 3 is 2.33 bits per heavy atom. The predicted octanol–water partition coefficient (Wildman–Crippen LogP) is 0.812. The third-order valence-electron chi connectivity index (χ3n) is 4.70. The van der Waals surface area contributed by atoms with Crippen LogP contribution >= 0.6 is 0 Å². The van der Waals surface area contributed by atoms with E-state index in [1.165, 1.54) is 0 Å². The molecule has 0 aromatic rings. The van der Waals surface area contributed by atoms with Crippen molar-refractivity contribution >= 4 is 11.9 Å². The largest absolute Gasteiger partial charge is 0.481 e. The molecule has 1 N–H and O–H groups in total. The lowest BCUT2D eigenvalue weighted by molar-refractivity contribution is -0.150. The zero-order valence-electron chi connectivity index (χ0n) is 12.8.